The molecule has 0 radical (unpaired) electrons. The predicted octanol–water partition coefficient (Wildman–Crippen LogP) is 3.83. The Morgan fingerprint density at radius 3 is 2.65 bits per heavy atom. The monoisotopic (exact) mass is 269 g/mol. The quantitative estimate of drug-likeness (QED) is 0.842. The van der Waals surface area contributed by atoms with Crippen LogP contribution in [-0.2, 0) is 0 Å². The predicted molar refractivity (Wildman–Crippen MR) is 86.0 cm³/mol. The summed E-state index contributed by atoms with van der Waals surface area (Å²) in [4.78, 5) is 6.70. The van der Waals surface area contributed by atoms with Crippen molar-refractivity contribution in [3.05, 3.63) is 30.6 Å². The van der Waals surface area contributed by atoms with Crippen LogP contribution >= 0.6 is 0 Å². The Hall–Kier alpha value is -1.77. The molecule has 0 saturated carbocycles. The molecule has 0 bridgehead atoms. The first-order valence-corrected chi connectivity index (χ1v) is 7.50. The normalized spacial score (nSPS) is 18.4. The Morgan fingerprint density at radius 2 is 1.95 bits per heavy atom. The third-order valence-corrected chi connectivity index (χ3v) is 4.99. The summed E-state index contributed by atoms with van der Waals surface area (Å²) >= 11 is 0. The van der Waals surface area contributed by atoms with E-state index in [4.69, 9.17) is 5.73 Å². The number of benzene rings is 1. The molecular weight excluding hydrogens is 246 g/mol. The van der Waals surface area contributed by atoms with Crippen molar-refractivity contribution >= 4 is 22.1 Å². The minimum absolute atomic E-state index is 0.516. The molecule has 3 heteroatoms. The van der Waals surface area contributed by atoms with Gasteiger partial charge in [0, 0.05) is 47.6 Å². The number of anilines is 2. The first-order valence-electron chi connectivity index (χ1n) is 7.50. The maximum atomic E-state index is 6.06. The Labute approximate surface area is 120 Å². The van der Waals surface area contributed by atoms with Crippen molar-refractivity contribution in [2.75, 3.05) is 23.7 Å². The van der Waals surface area contributed by atoms with Gasteiger partial charge in [-0.05, 0) is 36.5 Å². The zero-order chi connectivity index (χ0) is 14.2. The van der Waals surface area contributed by atoms with Crippen LogP contribution in [-0.4, -0.2) is 18.1 Å². The number of nitrogens with zero attached hydrogens (tertiary/aromatic N) is 2. The van der Waals surface area contributed by atoms with E-state index in [0.29, 0.717) is 5.41 Å². The van der Waals surface area contributed by atoms with Crippen LogP contribution in [0.25, 0.3) is 10.8 Å². The van der Waals surface area contributed by atoms with E-state index in [2.05, 4.69) is 35.9 Å². The van der Waals surface area contributed by atoms with E-state index >= 15 is 0 Å². The molecule has 1 saturated heterocycles. The van der Waals surface area contributed by atoms with E-state index in [1.165, 1.54) is 30.3 Å². The summed E-state index contributed by atoms with van der Waals surface area (Å²) in [6.45, 7) is 6.98. The highest BCUT2D eigenvalue weighted by atomic mass is 15.1. The van der Waals surface area contributed by atoms with Crippen LogP contribution in [0.15, 0.2) is 30.6 Å². The summed E-state index contributed by atoms with van der Waals surface area (Å²) in [5, 5.41) is 2.29. The van der Waals surface area contributed by atoms with Gasteiger partial charge < -0.3 is 10.6 Å². The number of piperidine rings is 1. The average Bonchev–Trinajstić information content (AvgIpc) is 2.49. The van der Waals surface area contributed by atoms with Gasteiger partial charge in [0.15, 0.2) is 0 Å². The van der Waals surface area contributed by atoms with Gasteiger partial charge >= 0.3 is 0 Å². The van der Waals surface area contributed by atoms with Crippen LogP contribution in [0.1, 0.15) is 33.1 Å². The zero-order valence-corrected chi connectivity index (χ0v) is 12.4. The summed E-state index contributed by atoms with van der Waals surface area (Å²) < 4.78 is 0. The van der Waals surface area contributed by atoms with Crippen LogP contribution in [0, 0.1) is 5.41 Å². The first kappa shape index (κ1) is 13.2. The molecule has 0 spiro atoms. The standard InChI is InChI=1S/C17H23N3/c1-3-17(2)7-10-20(11-8-17)16-5-4-15(18)14-12-19-9-6-13(14)16/h4-6,9,12H,3,7-8,10-11,18H2,1-2H3. The summed E-state index contributed by atoms with van der Waals surface area (Å²) in [5.41, 5.74) is 8.69. The van der Waals surface area contributed by atoms with Crippen molar-refractivity contribution in [3.8, 4) is 0 Å². The third kappa shape index (κ3) is 2.21. The van der Waals surface area contributed by atoms with Crippen LogP contribution < -0.4 is 10.6 Å². The van der Waals surface area contributed by atoms with Crippen molar-refractivity contribution in [1.29, 1.82) is 0 Å². The van der Waals surface area contributed by atoms with E-state index in [0.717, 1.165) is 24.2 Å². The molecule has 20 heavy (non-hydrogen) atoms. The largest absolute Gasteiger partial charge is 0.398 e. The maximum absolute atomic E-state index is 6.06. The number of hydrogen-bond donors (Lipinski definition) is 1. The van der Waals surface area contributed by atoms with E-state index in [1.807, 2.05) is 18.5 Å². The van der Waals surface area contributed by atoms with Gasteiger partial charge in [-0.15, -0.1) is 0 Å². The van der Waals surface area contributed by atoms with E-state index in [1.54, 1.807) is 0 Å². The average molecular weight is 269 g/mol. The van der Waals surface area contributed by atoms with E-state index < -0.39 is 0 Å². The van der Waals surface area contributed by atoms with Crippen molar-refractivity contribution < 1.29 is 0 Å². The van der Waals surface area contributed by atoms with Crippen molar-refractivity contribution in [1.82, 2.24) is 4.98 Å². The summed E-state index contributed by atoms with van der Waals surface area (Å²) in [6, 6.07) is 6.24. The summed E-state index contributed by atoms with van der Waals surface area (Å²) in [6.07, 6.45) is 7.52. The first-order chi connectivity index (χ1) is 9.63. The summed E-state index contributed by atoms with van der Waals surface area (Å²) in [5.74, 6) is 0. The minimum atomic E-state index is 0.516. The smallest absolute Gasteiger partial charge is 0.0448 e. The lowest BCUT2D eigenvalue weighted by molar-refractivity contribution is 0.238. The van der Waals surface area contributed by atoms with Gasteiger partial charge in [-0.25, -0.2) is 0 Å². The second-order valence-electron chi connectivity index (χ2n) is 6.25. The molecule has 1 fully saturated rings. The fourth-order valence-electron chi connectivity index (χ4n) is 3.11. The Bertz CT molecular complexity index is 613. The van der Waals surface area contributed by atoms with Crippen molar-refractivity contribution in [3.63, 3.8) is 0 Å². The molecular formula is C17H23N3. The lowest BCUT2D eigenvalue weighted by Gasteiger charge is -2.40. The molecule has 1 aromatic heterocycles. The Kier molecular flexibility index (Phi) is 3.28. The van der Waals surface area contributed by atoms with Gasteiger partial charge in [-0.3, -0.25) is 4.98 Å². The molecule has 1 aliphatic rings. The molecule has 0 unspecified atom stereocenters. The molecule has 0 atom stereocenters. The van der Waals surface area contributed by atoms with Crippen LogP contribution in [0.3, 0.4) is 0 Å². The number of rotatable bonds is 2. The number of fused-ring (bicyclic) bond motifs is 1. The van der Waals surface area contributed by atoms with Gasteiger partial charge in [0.2, 0.25) is 0 Å². The van der Waals surface area contributed by atoms with Gasteiger partial charge in [0.05, 0.1) is 0 Å². The lowest BCUT2D eigenvalue weighted by atomic mass is 9.78. The molecule has 3 rings (SSSR count). The highest BCUT2D eigenvalue weighted by Crippen LogP contribution is 2.38. The molecule has 106 valence electrons. The van der Waals surface area contributed by atoms with Gasteiger partial charge in [-0.1, -0.05) is 20.3 Å². The number of pyridine rings is 1. The van der Waals surface area contributed by atoms with Gasteiger partial charge in [-0.2, -0.15) is 0 Å². The molecule has 3 nitrogen and oxygen atoms in total. The third-order valence-electron chi connectivity index (χ3n) is 4.99. The molecule has 0 amide bonds. The molecule has 2 heterocycles. The number of nitrogens with two attached hydrogens (primary N) is 1. The topological polar surface area (TPSA) is 42.1 Å². The van der Waals surface area contributed by atoms with Crippen molar-refractivity contribution in [2.45, 2.75) is 33.1 Å². The molecule has 1 aromatic carbocycles. The SMILES string of the molecule is CCC1(C)CCN(c2ccc(N)c3cnccc23)CC1. The minimum Gasteiger partial charge on any atom is -0.398 e. The highest BCUT2D eigenvalue weighted by Gasteiger charge is 2.28. The highest BCUT2D eigenvalue weighted by molar-refractivity contribution is 6.00. The molecule has 2 aromatic rings. The maximum Gasteiger partial charge on any atom is 0.0448 e. The second kappa shape index (κ2) is 4.97. The fraction of sp³-hybridized carbons (Fsp3) is 0.471. The zero-order valence-electron chi connectivity index (χ0n) is 12.4. The Balaban J connectivity index is 1.94. The lowest BCUT2D eigenvalue weighted by Crippen LogP contribution is -2.38. The van der Waals surface area contributed by atoms with Crippen LogP contribution in [0.2, 0.25) is 0 Å². The molecule has 1 aliphatic heterocycles. The van der Waals surface area contributed by atoms with Crippen LogP contribution in [0.4, 0.5) is 11.4 Å². The summed E-state index contributed by atoms with van der Waals surface area (Å²) in [7, 11) is 0. The van der Waals surface area contributed by atoms with Gasteiger partial charge in [0.25, 0.3) is 0 Å². The van der Waals surface area contributed by atoms with Gasteiger partial charge in [0.1, 0.15) is 0 Å². The number of nitrogen functional groups attached to an aromatic ring is 1. The number of aromatic nitrogens is 1. The van der Waals surface area contributed by atoms with Crippen LogP contribution in [0.5, 0.6) is 0 Å². The molecule has 0 aliphatic carbocycles. The van der Waals surface area contributed by atoms with E-state index in [9.17, 15) is 0 Å². The Morgan fingerprint density at radius 1 is 1.20 bits per heavy atom. The number of hydrogen-bond acceptors (Lipinski definition) is 3. The van der Waals surface area contributed by atoms with E-state index in [-0.39, 0.29) is 0 Å². The second-order valence-corrected chi connectivity index (χ2v) is 6.25. The fourth-order valence-corrected chi connectivity index (χ4v) is 3.11. The van der Waals surface area contributed by atoms with Crippen molar-refractivity contribution in [2.24, 2.45) is 5.41 Å². The molecule has 2 N–H and O–H groups in total.